The Kier molecular flexibility index (Phi) is 8.09. The number of rotatable bonds is 9. The quantitative estimate of drug-likeness (QED) is 0.528. The Hall–Kier alpha value is -2.39. The SMILES string of the molecule is CCCCN(C(=O)COC(=O)c1cccnc1Sc1ccccc1)C1CCS(=O)(=O)C1. The first kappa shape index (κ1) is 23.3. The lowest BCUT2D eigenvalue weighted by molar-refractivity contribution is -0.136. The molecule has 0 aliphatic carbocycles. The molecule has 1 aliphatic rings. The summed E-state index contributed by atoms with van der Waals surface area (Å²) in [7, 11) is -3.12. The van der Waals surface area contributed by atoms with Crippen LogP contribution in [0.1, 0.15) is 36.5 Å². The molecule has 31 heavy (non-hydrogen) atoms. The van der Waals surface area contributed by atoms with Crippen LogP contribution in [0.5, 0.6) is 0 Å². The molecule has 9 heteroatoms. The average Bonchev–Trinajstić information content (AvgIpc) is 3.12. The zero-order valence-electron chi connectivity index (χ0n) is 17.4. The normalized spacial score (nSPS) is 17.3. The van der Waals surface area contributed by atoms with E-state index in [9.17, 15) is 18.0 Å². The minimum absolute atomic E-state index is 0.0309. The van der Waals surface area contributed by atoms with Crippen molar-refractivity contribution in [3.8, 4) is 0 Å². The van der Waals surface area contributed by atoms with E-state index in [4.69, 9.17) is 4.74 Å². The van der Waals surface area contributed by atoms with Crippen LogP contribution in [-0.4, -0.2) is 60.9 Å². The maximum absolute atomic E-state index is 12.8. The van der Waals surface area contributed by atoms with E-state index < -0.39 is 22.4 Å². The van der Waals surface area contributed by atoms with Crippen LogP contribution in [0.2, 0.25) is 0 Å². The number of sulfone groups is 1. The van der Waals surface area contributed by atoms with Crippen LogP contribution in [0.3, 0.4) is 0 Å². The van der Waals surface area contributed by atoms with Crippen molar-refractivity contribution in [2.75, 3.05) is 24.7 Å². The van der Waals surface area contributed by atoms with Crippen molar-refractivity contribution in [2.24, 2.45) is 0 Å². The zero-order valence-corrected chi connectivity index (χ0v) is 19.0. The van der Waals surface area contributed by atoms with Gasteiger partial charge in [0.05, 0.1) is 17.1 Å². The lowest BCUT2D eigenvalue weighted by Crippen LogP contribution is -2.43. The first-order chi connectivity index (χ1) is 14.9. The average molecular weight is 463 g/mol. The number of nitrogens with zero attached hydrogens (tertiary/aromatic N) is 2. The molecule has 1 saturated heterocycles. The molecule has 2 heterocycles. The van der Waals surface area contributed by atoms with Crippen LogP contribution < -0.4 is 0 Å². The van der Waals surface area contributed by atoms with Gasteiger partial charge in [-0.1, -0.05) is 43.3 Å². The number of amides is 1. The molecule has 1 aliphatic heterocycles. The van der Waals surface area contributed by atoms with Crippen molar-refractivity contribution in [3.63, 3.8) is 0 Å². The number of carbonyl (C=O) groups is 2. The van der Waals surface area contributed by atoms with Crippen molar-refractivity contribution < 1.29 is 22.7 Å². The van der Waals surface area contributed by atoms with Gasteiger partial charge in [-0.25, -0.2) is 18.2 Å². The first-order valence-electron chi connectivity index (χ1n) is 10.2. The summed E-state index contributed by atoms with van der Waals surface area (Å²) >= 11 is 1.34. The lowest BCUT2D eigenvalue weighted by Gasteiger charge is -2.28. The maximum atomic E-state index is 12.8. The molecule has 1 amide bonds. The zero-order chi connectivity index (χ0) is 22.3. The van der Waals surface area contributed by atoms with Crippen LogP contribution in [-0.2, 0) is 19.4 Å². The Morgan fingerprint density at radius 3 is 2.65 bits per heavy atom. The van der Waals surface area contributed by atoms with Crippen LogP contribution in [0, 0.1) is 0 Å². The molecule has 0 spiro atoms. The van der Waals surface area contributed by atoms with Crippen LogP contribution >= 0.6 is 11.8 Å². The van der Waals surface area contributed by atoms with E-state index in [0.717, 1.165) is 17.7 Å². The summed E-state index contributed by atoms with van der Waals surface area (Å²) in [4.78, 5) is 32.2. The van der Waals surface area contributed by atoms with Crippen molar-refractivity contribution >= 4 is 33.5 Å². The van der Waals surface area contributed by atoms with Crippen LogP contribution in [0.4, 0.5) is 0 Å². The van der Waals surface area contributed by atoms with E-state index in [-0.39, 0.29) is 29.0 Å². The minimum Gasteiger partial charge on any atom is -0.452 e. The fourth-order valence-corrected chi connectivity index (χ4v) is 6.00. The Labute approximate surface area is 187 Å². The Bertz CT molecular complexity index is 1010. The highest BCUT2D eigenvalue weighted by molar-refractivity contribution is 7.99. The molecule has 0 saturated carbocycles. The van der Waals surface area contributed by atoms with Gasteiger partial charge in [0.25, 0.3) is 5.91 Å². The molecule has 2 aromatic rings. The Morgan fingerprint density at radius 1 is 1.19 bits per heavy atom. The van der Waals surface area contributed by atoms with E-state index in [1.807, 2.05) is 37.3 Å². The molecule has 0 N–H and O–H groups in total. The molecule has 1 aromatic carbocycles. The minimum atomic E-state index is -3.12. The summed E-state index contributed by atoms with van der Waals surface area (Å²) in [5, 5.41) is 0.496. The fraction of sp³-hybridized carbons (Fsp3) is 0.409. The van der Waals surface area contributed by atoms with Crippen molar-refractivity contribution in [3.05, 3.63) is 54.2 Å². The highest BCUT2D eigenvalue weighted by Crippen LogP contribution is 2.28. The van der Waals surface area contributed by atoms with E-state index in [1.165, 1.54) is 11.8 Å². The topological polar surface area (TPSA) is 93.6 Å². The lowest BCUT2D eigenvalue weighted by atomic mass is 10.2. The molecule has 1 unspecified atom stereocenters. The number of hydrogen-bond acceptors (Lipinski definition) is 7. The van der Waals surface area contributed by atoms with Gasteiger partial charge < -0.3 is 9.64 Å². The van der Waals surface area contributed by atoms with Gasteiger partial charge in [0.2, 0.25) is 0 Å². The highest BCUT2D eigenvalue weighted by Gasteiger charge is 2.34. The predicted molar refractivity (Wildman–Crippen MR) is 119 cm³/mol. The van der Waals surface area contributed by atoms with Crippen molar-refractivity contribution in [1.82, 2.24) is 9.88 Å². The Balaban J connectivity index is 1.65. The molecule has 1 atom stereocenters. The number of unbranched alkanes of at least 4 members (excludes halogenated alkanes) is 1. The number of benzene rings is 1. The van der Waals surface area contributed by atoms with E-state index in [1.54, 1.807) is 23.2 Å². The number of carbonyl (C=O) groups excluding carboxylic acids is 2. The monoisotopic (exact) mass is 462 g/mol. The third-order valence-electron chi connectivity index (χ3n) is 5.00. The first-order valence-corrected chi connectivity index (χ1v) is 12.9. The maximum Gasteiger partial charge on any atom is 0.341 e. The number of ether oxygens (including phenoxy) is 1. The summed E-state index contributed by atoms with van der Waals surface area (Å²) in [6.45, 7) is 2.03. The van der Waals surface area contributed by atoms with Gasteiger partial charge in [0.1, 0.15) is 5.03 Å². The molecule has 0 bridgehead atoms. The van der Waals surface area contributed by atoms with Gasteiger partial charge in [-0.2, -0.15) is 0 Å². The van der Waals surface area contributed by atoms with Gasteiger partial charge in [-0.15, -0.1) is 0 Å². The smallest absolute Gasteiger partial charge is 0.341 e. The van der Waals surface area contributed by atoms with Gasteiger partial charge >= 0.3 is 5.97 Å². The van der Waals surface area contributed by atoms with Crippen LogP contribution in [0.25, 0.3) is 0 Å². The molecule has 1 aromatic heterocycles. The van der Waals surface area contributed by atoms with Crippen LogP contribution in [0.15, 0.2) is 58.6 Å². The number of esters is 1. The van der Waals surface area contributed by atoms with Gasteiger partial charge in [0, 0.05) is 23.7 Å². The third kappa shape index (κ3) is 6.54. The summed E-state index contributed by atoms with van der Waals surface area (Å²) in [6.07, 6.45) is 3.65. The van der Waals surface area contributed by atoms with Gasteiger partial charge in [-0.3, -0.25) is 4.79 Å². The fourth-order valence-electron chi connectivity index (χ4n) is 3.38. The second kappa shape index (κ2) is 10.8. The number of aromatic nitrogens is 1. The summed E-state index contributed by atoms with van der Waals surface area (Å²) in [5.41, 5.74) is 0.285. The summed E-state index contributed by atoms with van der Waals surface area (Å²) in [6, 6.07) is 12.4. The second-order valence-electron chi connectivity index (χ2n) is 7.34. The van der Waals surface area contributed by atoms with Crippen molar-refractivity contribution in [2.45, 2.75) is 42.1 Å². The number of hydrogen-bond donors (Lipinski definition) is 0. The Morgan fingerprint density at radius 2 is 1.97 bits per heavy atom. The standard InChI is InChI=1S/C22H26N2O5S2/c1-2-3-13-24(17-11-14-31(27,28)16-17)20(25)15-29-22(26)19-10-7-12-23-21(19)30-18-8-5-4-6-9-18/h4-10,12,17H,2-3,11,13-16H2,1H3. The van der Waals surface area contributed by atoms with E-state index in [0.29, 0.717) is 18.0 Å². The molecular formula is C22H26N2O5S2. The summed E-state index contributed by atoms with van der Waals surface area (Å²) in [5.74, 6) is -0.945. The molecule has 166 valence electrons. The van der Waals surface area contributed by atoms with E-state index >= 15 is 0 Å². The van der Waals surface area contributed by atoms with Crippen molar-refractivity contribution in [1.29, 1.82) is 0 Å². The molecule has 0 radical (unpaired) electrons. The molecule has 7 nitrogen and oxygen atoms in total. The summed E-state index contributed by atoms with van der Waals surface area (Å²) < 4.78 is 29.0. The van der Waals surface area contributed by atoms with E-state index in [2.05, 4.69) is 4.98 Å². The number of pyridine rings is 1. The van der Waals surface area contributed by atoms with Gasteiger partial charge in [-0.05, 0) is 37.1 Å². The largest absolute Gasteiger partial charge is 0.452 e. The molecule has 3 rings (SSSR count). The van der Waals surface area contributed by atoms with Gasteiger partial charge in [0.15, 0.2) is 16.4 Å². The molecule has 1 fully saturated rings. The predicted octanol–water partition coefficient (Wildman–Crippen LogP) is 3.21. The second-order valence-corrected chi connectivity index (χ2v) is 10.6. The molecular weight excluding hydrogens is 436 g/mol. The highest BCUT2D eigenvalue weighted by atomic mass is 32.2. The third-order valence-corrected chi connectivity index (χ3v) is 7.77.